The van der Waals surface area contributed by atoms with Crippen molar-refractivity contribution in [2.24, 2.45) is 0 Å². The van der Waals surface area contributed by atoms with Crippen molar-refractivity contribution in [3.8, 4) is 6.07 Å². The van der Waals surface area contributed by atoms with Crippen molar-refractivity contribution < 1.29 is 9.53 Å². The maximum absolute atomic E-state index is 11.7. The third-order valence-electron chi connectivity index (χ3n) is 2.29. The van der Waals surface area contributed by atoms with Gasteiger partial charge in [-0.2, -0.15) is 5.26 Å². The molecule has 0 heterocycles. The number of nitriles is 1. The van der Waals surface area contributed by atoms with Gasteiger partial charge in [0, 0.05) is 32.9 Å². The van der Waals surface area contributed by atoms with Crippen molar-refractivity contribution in [3.63, 3.8) is 0 Å². The van der Waals surface area contributed by atoms with E-state index in [-0.39, 0.29) is 11.5 Å². The van der Waals surface area contributed by atoms with Gasteiger partial charge < -0.3 is 15.0 Å². The average molecular weight is 253 g/mol. The van der Waals surface area contributed by atoms with Gasteiger partial charge in [-0.15, -0.1) is 0 Å². The van der Waals surface area contributed by atoms with Crippen LogP contribution >= 0.6 is 0 Å². The van der Waals surface area contributed by atoms with Crippen LogP contribution in [0.1, 0.15) is 26.7 Å². The summed E-state index contributed by atoms with van der Waals surface area (Å²) in [7, 11) is 1.57. The first-order chi connectivity index (χ1) is 8.69. The van der Waals surface area contributed by atoms with Gasteiger partial charge in [-0.05, 0) is 12.8 Å². The zero-order valence-corrected chi connectivity index (χ0v) is 11.5. The number of nitrogens with one attached hydrogen (secondary N) is 1. The maximum Gasteiger partial charge on any atom is 0.263 e. The molecule has 0 atom stereocenters. The minimum atomic E-state index is -0.341. The largest absolute Gasteiger partial charge is 0.383 e. The van der Waals surface area contributed by atoms with Crippen LogP contribution in [0.15, 0.2) is 11.8 Å². The Morgan fingerprint density at radius 2 is 2.00 bits per heavy atom. The lowest BCUT2D eigenvalue weighted by Crippen LogP contribution is -2.29. The Hall–Kier alpha value is -1.54. The molecule has 0 rings (SSSR count). The summed E-state index contributed by atoms with van der Waals surface area (Å²) in [6, 6.07) is 1.94. The summed E-state index contributed by atoms with van der Waals surface area (Å²) in [6.07, 6.45) is 3.62. The lowest BCUT2D eigenvalue weighted by atomic mass is 10.2. The van der Waals surface area contributed by atoms with Crippen molar-refractivity contribution in [2.45, 2.75) is 26.7 Å². The lowest BCUT2D eigenvalue weighted by Gasteiger charge is -2.19. The maximum atomic E-state index is 11.7. The van der Waals surface area contributed by atoms with Crippen molar-refractivity contribution in [2.75, 3.05) is 33.4 Å². The van der Waals surface area contributed by atoms with E-state index in [0.29, 0.717) is 13.2 Å². The molecule has 0 saturated carbocycles. The first-order valence-corrected chi connectivity index (χ1v) is 6.32. The molecule has 0 aromatic carbocycles. The Kier molecular flexibility index (Phi) is 9.70. The van der Waals surface area contributed by atoms with E-state index < -0.39 is 0 Å². The summed E-state index contributed by atoms with van der Waals surface area (Å²) in [6.45, 7) is 6.70. The van der Waals surface area contributed by atoms with E-state index in [0.717, 1.165) is 25.9 Å². The Labute approximate surface area is 109 Å². The van der Waals surface area contributed by atoms with Gasteiger partial charge in [-0.25, -0.2) is 0 Å². The van der Waals surface area contributed by atoms with Crippen LogP contribution in [0.25, 0.3) is 0 Å². The quantitative estimate of drug-likeness (QED) is 0.382. The van der Waals surface area contributed by atoms with E-state index in [1.807, 2.05) is 11.0 Å². The van der Waals surface area contributed by atoms with Gasteiger partial charge in [0.05, 0.1) is 6.61 Å². The molecule has 0 fully saturated rings. The highest BCUT2D eigenvalue weighted by atomic mass is 16.5. The smallest absolute Gasteiger partial charge is 0.263 e. The summed E-state index contributed by atoms with van der Waals surface area (Å²) in [5.74, 6) is -0.341. The van der Waals surface area contributed by atoms with Gasteiger partial charge in [0.25, 0.3) is 5.91 Å². The van der Waals surface area contributed by atoms with Crippen LogP contribution in [0.2, 0.25) is 0 Å². The normalized spacial score (nSPS) is 10.9. The number of carbonyl (C=O) groups excluding carboxylic acids is 1. The number of nitrogens with zero attached hydrogens (tertiary/aromatic N) is 2. The number of carbonyl (C=O) groups is 1. The molecule has 5 heteroatoms. The van der Waals surface area contributed by atoms with Gasteiger partial charge in [0.15, 0.2) is 0 Å². The summed E-state index contributed by atoms with van der Waals surface area (Å²) >= 11 is 0. The van der Waals surface area contributed by atoms with Crippen LogP contribution in [0.3, 0.4) is 0 Å². The zero-order chi connectivity index (χ0) is 13.8. The summed E-state index contributed by atoms with van der Waals surface area (Å²) in [5.41, 5.74) is 0.146. The standard InChI is InChI=1S/C13H23N3O2/c1-4-7-16(8-5-2)11-12(10-14)13(17)15-6-9-18-3/h11H,4-9H2,1-3H3,(H,15,17)/b12-11-. The van der Waals surface area contributed by atoms with Gasteiger partial charge in [-0.1, -0.05) is 13.8 Å². The van der Waals surface area contributed by atoms with E-state index in [9.17, 15) is 4.79 Å². The highest BCUT2D eigenvalue weighted by Gasteiger charge is 2.09. The number of methoxy groups -OCH3 is 1. The molecular formula is C13H23N3O2. The third-order valence-corrected chi connectivity index (χ3v) is 2.29. The SMILES string of the molecule is CCCN(/C=C(/C#N)C(=O)NCCOC)CCC. The minimum absolute atomic E-state index is 0.146. The number of ether oxygens (including phenoxy) is 1. The molecule has 5 nitrogen and oxygen atoms in total. The predicted octanol–water partition coefficient (Wildman–Crippen LogP) is 1.28. The molecule has 0 aromatic rings. The summed E-state index contributed by atoms with van der Waals surface area (Å²) < 4.78 is 4.84. The van der Waals surface area contributed by atoms with E-state index in [4.69, 9.17) is 10.00 Å². The molecule has 0 radical (unpaired) electrons. The van der Waals surface area contributed by atoms with E-state index in [1.165, 1.54) is 0 Å². The van der Waals surface area contributed by atoms with E-state index >= 15 is 0 Å². The molecular weight excluding hydrogens is 230 g/mol. The van der Waals surface area contributed by atoms with Crippen LogP contribution in [0.5, 0.6) is 0 Å². The fraction of sp³-hybridized carbons (Fsp3) is 0.692. The van der Waals surface area contributed by atoms with Crippen molar-refractivity contribution in [1.29, 1.82) is 5.26 Å². The molecule has 18 heavy (non-hydrogen) atoms. The van der Waals surface area contributed by atoms with Gasteiger partial charge in [0.1, 0.15) is 11.6 Å². The number of hydrogen-bond donors (Lipinski definition) is 1. The van der Waals surface area contributed by atoms with Crippen LogP contribution in [0, 0.1) is 11.3 Å². The fourth-order valence-electron chi connectivity index (χ4n) is 1.50. The second-order valence-corrected chi connectivity index (χ2v) is 3.94. The van der Waals surface area contributed by atoms with Crippen LogP contribution < -0.4 is 5.32 Å². The number of hydrogen-bond acceptors (Lipinski definition) is 4. The lowest BCUT2D eigenvalue weighted by molar-refractivity contribution is -0.117. The molecule has 1 amide bonds. The Morgan fingerprint density at radius 3 is 2.44 bits per heavy atom. The van der Waals surface area contributed by atoms with Gasteiger partial charge in [0.2, 0.25) is 0 Å². The van der Waals surface area contributed by atoms with Gasteiger partial charge >= 0.3 is 0 Å². The monoisotopic (exact) mass is 253 g/mol. The minimum Gasteiger partial charge on any atom is -0.383 e. The van der Waals surface area contributed by atoms with E-state index in [1.54, 1.807) is 13.3 Å². The van der Waals surface area contributed by atoms with E-state index in [2.05, 4.69) is 19.2 Å². The summed E-state index contributed by atoms with van der Waals surface area (Å²) in [4.78, 5) is 13.7. The molecule has 0 aromatic heterocycles. The second-order valence-electron chi connectivity index (χ2n) is 3.94. The highest BCUT2D eigenvalue weighted by Crippen LogP contribution is 2.01. The number of rotatable bonds is 9. The molecule has 1 N–H and O–H groups in total. The van der Waals surface area contributed by atoms with Gasteiger partial charge in [-0.3, -0.25) is 4.79 Å². The highest BCUT2D eigenvalue weighted by molar-refractivity contribution is 5.97. The Bertz CT molecular complexity index is 302. The Balaban J connectivity index is 4.51. The van der Waals surface area contributed by atoms with Crippen molar-refractivity contribution >= 4 is 5.91 Å². The molecule has 0 aliphatic rings. The fourth-order valence-corrected chi connectivity index (χ4v) is 1.50. The van der Waals surface area contributed by atoms with Crippen molar-refractivity contribution in [1.82, 2.24) is 10.2 Å². The molecule has 0 aliphatic heterocycles. The molecule has 0 unspecified atom stereocenters. The molecule has 0 aliphatic carbocycles. The molecule has 102 valence electrons. The van der Waals surface area contributed by atoms with Crippen LogP contribution in [-0.2, 0) is 9.53 Å². The average Bonchev–Trinajstić information content (AvgIpc) is 2.36. The zero-order valence-electron chi connectivity index (χ0n) is 11.5. The van der Waals surface area contributed by atoms with Crippen molar-refractivity contribution in [3.05, 3.63) is 11.8 Å². The molecule has 0 bridgehead atoms. The molecule has 0 saturated heterocycles. The topological polar surface area (TPSA) is 65.4 Å². The predicted molar refractivity (Wildman–Crippen MR) is 70.7 cm³/mol. The number of amides is 1. The van der Waals surface area contributed by atoms with Crippen LogP contribution in [0.4, 0.5) is 0 Å². The van der Waals surface area contributed by atoms with Crippen LogP contribution in [-0.4, -0.2) is 44.2 Å². The molecule has 0 spiro atoms. The Morgan fingerprint density at radius 1 is 1.39 bits per heavy atom. The second kappa shape index (κ2) is 10.6. The summed E-state index contributed by atoms with van der Waals surface area (Å²) in [5, 5.41) is 11.6. The first-order valence-electron chi connectivity index (χ1n) is 6.32. The first kappa shape index (κ1) is 16.5. The third kappa shape index (κ3) is 6.92.